The number of hydrogen-bond donors (Lipinski definition) is 3. The van der Waals surface area contributed by atoms with Crippen LogP contribution in [0.3, 0.4) is 0 Å². The van der Waals surface area contributed by atoms with E-state index in [9.17, 15) is 24.6 Å². The monoisotopic (exact) mass is 275 g/mol. The van der Waals surface area contributed by atoms with Crippen molar-refractivity contribution in [1.29, 1.82) is 0 Å². The number of carboxylic acid groups (broad SMARTS) is 1. The Labute approximate surface area is 111 Å². The Morgan fingerprint density at radius 1 is 1.26 bits per heavy atom. The Morgan fingerprint density at radius 3 is 2.16 bits per heavy atom. The molecule has 0 aromatic rings. The number of aliphatic hydroxyl groups excluding tert-OH is 1. The smallest absolute Gasteiger partial charge is 0.336 e. The van der Waals surface area contributed by atoms with Gasteiger partial charge in [-0.3, -0.25) is 9.59 Å². The van der Waals surface area contributed by atoms with Gasteiger partial charge in [0, 0.05) is 6.42 Å². The molecule has 0 fully saturated rings. The van der Waals surface area contributed by atoms with Gasteiger partial charge in [-0.2, -0.15) is 0 Å². The van der Waals surface area contributed by atoms with Crippen molar-refractivity contribution in [3.63, 3.8) is 0 Å². The van der Waals surface area contributed by atoms with Crippen molar-refractivity contribution in [2.45, 2.75) is 39.2 Å². The van der Waals surface area contributed by atoms with E-state index >= 15 is 0 Å². The first-order chi connectivity index (χ1) is 8.82. The lowest BCUT2D eigenvalue weighted by Gasteiger charge is -2.26. The third-order valence-corrected chi connectivity index (χ3v) is 3.27. The molecule has 19 heavy (non-hydrogen) atoms. The zero-order valence-corrected chi connectivity index (χ0v) is 11.4. The van der Waals surface area contributed by atoms with Crippen molar-refractivity contribution in [2.24, 2.45) is 5.41 Å². The lowest BCUT2D eigenvalue weighted by molar-refractivity contribution is -0.153. The Balaban J connectivity index is 4.45. The number of carbonyl (C=O) groups is 3. The highest BCUT2D eigenvalue weighted by Crippen LogP contribution is 2.30. The van der Waals surface area contributed by atoms with E-state index in [4.69, 9.17) is 0 Å². The molecule has 7 heteroatoms. The van der Waals surface area contributed by atoms with E-state index in [2.05, 4.69) is 10.1 Å². The van der Waals surface area contributed by atoms with Crippen LogP contribution in [0.5, 0.6) is 0 Å². The van der Waals surface area contributed by atoms with Gasteiger partial charge in [0.05, 0.1) is 19.1 Å². The summed E-state index contributed by atoms with van der Waals surface area (Å²) in [6.45, 7) is 3.11. The minimum atomic E-state index is -1.45. The summed E-state index contributed by atoms with van der Waals surface area (Å²) in [5, 5.41) is 20.8. The summed E-state index contributed by atoms with van der Waals surface area (Å²) in [6.07, 6.45) is -0.989. The maximum Gasteiger partial charge on any atom is 0.336 e. The van der Waals surface area contributed by atoms with Crippen LogP contribution in [0.2, 0.25) is 0 Å². The number of aliphatic hydroxyl groups is 1. The molecule has 0 aliphatic rings. The number of esters is 1. The van der Waals surface area contributed by atoms with E-state index in [0.717, 1.165) is 7.11 Å². The molecule has 1 atom stereocenters. The summed E-state index contributed by atoms with van der Waals surface area (Å²) in [5.41, 5.74) is -1.11. The van der Waals surface area contributed by atoms with Crippen LogP contribution in [-0.4, -0.2) is 47.8 Å². The van der Waals surface area contributed by atoms with Crippen LogP contribution in [0, 0.1) is 5.41 Å². The van der Waals surface area contributed by atoms with Gasteiger partial charge in [-0.15, -0.1) is 0 Å². The molecule has 0 rings (SSSR count). The Kier molecular flexibility index (Phi) is 7.06. The number of methoxy groups -OCH3 is 1. The lowest BCUT2D eigenvalue weighted by atomic mass is 9.79. The van der Waals surface area contributed by atoms with Gasteiger partial charge in [0.2, 0.25) is 5.91 Å². The second-order valence-electron chi connectivity index (χ2n) is 4.31. The highest BCUT2D eigenvalue weighted by atomic mass is 16.5. The zero-order chi connectivity index (χ0) is 15.1. The molecule has 0 radical (unpaired) electrons. The van der Waals surface area contributed by atoms with Crippen LogP contribution >= 0.6 is 0 Å². The highest BCUT2D eigenvalue weighted by molar-refractivity contribution is 5.85. The van der Waals surface area contributed by atoms with E-state index in [0.29, 0.717) is 12.8 Å². The van der Waals surface area contributed by atoms with E-state index < -0.39 is 29.4 Å². The molecule has 0 spiro atoms. The first-order valence-electron chi connectivity index (χ1n) is 6.09. The van der Waals surface area contributed by atoms with Crippen molar-refractivity contribution in [2.75, 3.05) is 13.7 Å². The fourth-order valence-electron chi connectivity index (χ4n) is 1.68. The largest absolute Gasteiger partial charge is 0.481 e. The molecular weight excluding hydrogens is 254 g/mol. The standard InChI is InChI=1S/C12H21NO6/c1-4-12(5-2,11(17)18)6-9(15)13-7-8(14)10(16)19-3/h8,14H,4-7H2,1-3H3,(H,13,15)(H,17,18). The fourth-order valence-corrected chi connectivity index (χ4v) is 1.68. The minimum Gasteiger partial charge on any atom is -0.481 e. The summed E-state index contributed by atoms with van der Waals surface area (Å²) in [5.74, 6) is -2.40. The van der Waals surface area contributed by atoms with E-state index in [1.165, 1.54) is 0 Å². The topological polar surface area (TPSA) is 113 Å². The molecule has 1 amide bonds. The van der Waals surface area contributed by atoms with Gasteiger partial charge in [0.15, 0.2) is 6.10 Å². The molecule has 0 aromatic heterocycles. The third kappa shape index (κ3) is 4.86. The van der Waals surface area contributed by atoms with Gasteiger partial charge in [0.25, 0.3) is 0 Å². The summed E-state index contributed by atoms with van der Waals surface area (Å²) in [4.78, 5) is 33.8. The maximum absolute atomic E-state index is 11.7. The van der Waals surface area contributed by atoms with Gasteiger partial charge >= 0.3 is 11.9 Å². The quantitative estimate of drug-likeness (QED) is 0.534. The van der Waals surface area contributed by atoms with Gasteiger partial charge in [-0.05, 0) is 12.8 Å². The van der Waals surface area contributed by atoms with Crippen molar-refractivity contribution < 1.29 is 29.3 Å². The maximum atomic E-state index is 11.7. The third-order valence-electron chi connectivity index (χ3n) is 3.27. The molecule has 110 valence electrons. The molecule has 1 unspecified atom stereocenters. The number of nitrogens with one attached hydrogen (secondary N) is 1. The summed E-state index contributed by atoms with van der Waals surface area (Å²) < 4.78 is 4.29. The van der Waals surface area contributed by atoms with Crippen LogP contribution in [-0.2, 0) is 19.1 Å². The van der Waals surface area contributed by atoms with Gasteiger partial charge < -0.3 is 20.3 Å². The van der Waals surface area contributed by atoms with E-state index in [1.807, 2.05) is 0 Å². The van der Waals surface area contributed by atoms with Crippen LogP contribution < -0.4 is 5.32 Å². The van der Waals surface area contributed by atoms with Gasteiger partial charge in [0.1, 0.15) is 0 Å². The number of carboxylic acids is 1. The molecule has 0 heterocycles. The number of hydrogen-bond acceptors (Lipinski definition) is 5. The molecule has 0 saturated carbocycles. The van der Waals surface area contributed by atoms with E-state index in [-0.39, 0.29) is 13.0 Å². The molecule has 0 aliphatic carbocycles. The average molecular weight is 275 g/mol. The van der Waals surface area contributed by atoms with Gasteiger partial charge in [-0.25, -0.2) is 4.79 Å². The number of aliphatic carboxylic acids is 1. The number of carbonyl (C=O) groups excluding carboxylic acids is 2. The molecule has 0 aromatic carbocycles. The van der Waals surface area contributed by atoms with Crippen molar-refractivity contribution in [3.05, 3.63) is 0 Å². The Morgan fingerprint density at radius 2 is 1.79 bits per heavy atom. The van der Waals surface area contributed by atoms with Gasteiger partial charge in [-0.1, -0.05) is 13.8 Å². The highest BCUT2D eigenvalue weighted by Gasteiger charge is 2.37. The molecular formula is C12H21NO6. The second-order valence-corrected chi connectivity index (χ2v) is 4.31. The zero-order valence-electron chi connectivity index (χ0n) is 11.4. The Bertz CT molecular complexity index is 337. The van der Waals surface area contributed by atoms with Crippen LogP contribution in [0.15, 0.2) is 0 Å². The van der Waals surface area contributed by atoms with Crippen LogP contribution in [0.4, 0.5) is 0 Å². The normalized spacial score (nSPS) is 12.6. The van der Waals surface area contributed by atoms with E-state index in [1.54, 1.807) is 13.8 Å². The summed E-state index contributed by atoms with van der Waals surface area (Å²) >= 11 is 0. The first-order valence-corrected chi connectivity index (χ1v) is 6.09. The molecule has 0 bridgehead atoms. The van der Waals surface area contributed by atoms with Crippen molar-refractivity contribution >= 4 is 17.8 Å². The predicted octanol–water partition coefficient (Wildman–Crippen LogP) is -0.0824. The fraction of sp³-hybridized carbons (Fsp3) is 0.750. The van der Waals surface area contributed by atoms with Crippen LogP contribution in [0.1, 0.15) is 33.1 Å². The molecule has 7 nitrogen and oxygen atoms in total. The average Bonchev–Trinajstić information content (AvgIpc) is 2.40. The molecule has 0 saturated heterocycles. The minimum absolute atomic E-state index is 0.191. The number of amides is 1. The molecule has 0 aliphatic heterocycles. The number of rotatable bonds is 8. The van der Waals surface area contributed by atoms with Crippen LogP contribution in [0.25, 0.3) is 0 Å². The molecule has 3 N–H and O–H groups in total. The summed E-state index contributed by atoms with van der Waals surface area (Å²) in [6, 6.07) is 0. The number of ether oxygens (including phenoxy) is 1. The van der Waals surface area contributed by atoms with Crippen molar-refractivity contribution in [3.8, 4) is 0 Å². The predicted molar refractivity (Wildman–Crippen MR) is 66.3 cm³/mol. The lowest BCUT2D eigenvalue weighted by Crippen LogP contribution is -2.41. The van der Waals surface area contributed by atoms with Crippen molar-refractivity contribution in [1.82, 2.24) is 5.32 Å². The summed E-state index contributed by atoms with van der Waals surface area (Å²) in [7, 11) is 1.12. The second kappa shape index (κ2) is 7.73. The Hall–Kier alpha value is -1.63. The first kappa shape index (κ1) is 17.4. The SMILES string of the molecule is CCC(CC)(CC(=O)NCC(O)C(=O)OC)C(=O)O.